The third kappa shape index (κ3) is 2.53. The van der Waals surface area contributed by atoms with Crippen LogP contribution in [-0.2, 0) is 11.2 Å². The minimum absolute atomic E-state index is 0.0130. The Labute approximate surface area is 119 Å². The summed E-state index contributed by atoms with van der Waals surface area (Å²) in [5.41, 5.74) is 2.31. The van der Waals surface area contributed by atoms with Gasteiger partial charge >= 0.3 is 0 Å². The molecule has 0 spiro atoms. The first-order valence-electron chi connectivity index (χ1n) is 6.16. The van der Waals surface area contributed by atoms with Crippen LogP contribution in [0.4, 0.5) is 10.8 Å². The summed E-state index contributed by atoms with van der Waals surface area (Å²) in [6.07, 6.45) is 1.11. The molecule has 3 rings (SSSR count). The molecule has 2 amide bonds. The van der Waals surface area contributed by atoms with Gasteiger partial charge in [0.05, 0.1) is 0 Å². The highest BCUT2D eigenvalue weighted by molar-refractivity contribution is 7.15. The quantitative estimate of drug-likeness (QED) is 0.885. The molecule has 0 atom stereocenters. The average Bonchev–Trinajstić information content (AvgIpc) is 2.83. The molecule has 0 bridgehead atoms. The molecule has 2 heterocycles. The predicted molar refractivity (Wildman–Crippen MR) is 76.0 cm³/mol. The zero-order valence-electron chi connectivity index (χ0n) is 10.8. The number of carbonyl (C=O) groups excluding carboxylic acids is 2. The van der Waals surface area contributed by atoms with E-state index < -0.39 is 0 Å². The van der Waals surface area contributed by atoms with Crippen LogP contribution in [0.3, 0.4) is 0 Å². The summed E-state index contributed by atoms with van der Waals surface area (Å²) >= 11 is 1.33. The molecule has 1 aliphatic rings. The summed E-state index contributed by atoms with van der Waals surface area (Å²) in [4.78, 5) is 23.4. The number of hydrogen-bond donors (Lipinski definition) is 2. The molecule has 0 saturated heterocycles. The highest BCUT2D eigenvalue weighted by Gasteiger charge is 2.17. The van der Waals surface area contributed by atoms with Crippen LogP contribution in [0.5, 0.6) is 0 Å². The second kappa shape index (κ2) is 5.01. The summed E-state index contributed by atoms with van der Waals surface area (Å²) in [5, 5.41) is 14.5. The molecular formula is C13H12N4O2S. The number of aromatic nitrogens is 2. The van der Waals surface area contributed by atoms with Crippen LogP contribution in [-0.4, -0.2) is 22.0 Å². The molecular weight excluding hydrogens is 276 g/mol. The molecule has 1 aromatic heterocycles. The van der Waals surface area contributed by atoms with Gasteiger partial charge in [-0.1, -0.05) is 11.3 Å². The van der Waals surface area contributed by atoms with Crippen LogP contribution in [0.25, 0.3) is 0 Å². The number of nitrogens with one attached hydrogen (secondary N) is 2. The number of carbonyl (C=O) groups is 2. The van der Waals surface area contributed by atoms with Crippen LogP contribution < -0.4 is 10.6 Å². The Morgan fingerprint density at radius 2 is 2.20 bits per heavy atom. The Balaban J connectivity index is 1.80. The minimum atomic E-state index is -0.221. The van der Waals surface area contributed by atoms with Crippen molar-refractivity contribution in [1.29, 1.82) is 0 Å². The molecule has 0 fully saturated rings. The van der Waals surface area contributed by atoms with E-state index in [2.05, 4.69) is 20.8 Å². The topological polar surface area (TPSA) is 84.0 Å². The number of hydrogen-bond acceptors (Lipinski definition) is 5. The lowest BCUT2D eigenvalue weighted by Gasteiger charge is -2.17. The van der Waals surface area contributed by atoms with E-state index in [0.717, 1.165) is 16.3 Å². The second-order valence-corrected chi connectivity index (χ2v) is 5.68. The Morgan fingerprint density at radius 3 is 2.95 bits per heavy atom. The average molecular weight is 288 g/mol. The first kappa shape index (κ1) is 12.7. The van der Waals surface area contributed by atoms with Gasteiger partial charge in [0.25, 0.3) is 5.91 Å². The van der Waals surface area contributed by atoms with E-state index in [4.69, 9.17) is 0 Å². The van der Waals surface area contributed by atoms with Crippen LogP contribution in [0.2, 0.25) is 0 Å². The van der Waals surface area contributed by atoms with Crippen molar-refractivity contribution in [2.24, 2.45) is 0 Å². The SMILES string of the molecule is Cc1nnc(NC(=O)c2ccc3c(c2)CCC(=O)N3)s1. The molecule has 0 saturated carbocycles. The van der Waals surface area contributed by atoms with Crippen LogP contribution in [0.1, 0.15) is 27.3 Å². The van der Waals surface area contributed by atoms with E-state index in [-0.39, 0.29) is 11.8 Å². The van der Waals surface area contributed by atoms with Gasteiger partial charge in [-0.25, -0.2) is 0 Å². The van der Waals surface area contributed by atoms with Crippen molar-refractivity contribution >= 4 is 34.0 Å². The van der Waals surface area contributed by atoms with Gasteiger partial charge in [0.15, 0.2) is 0 Å². The van der Waals surface area contributed by atoms with Crippen LogP contribution >= 0.6 is 11.3 Å². The van der Waals surface area contributed by atoms with E-state index in [0.29, 0.717) is 23.5 Å². The Morgan fingerprint density at radius 1 is 1.35 bits per heavy atom. The number of nitrogens with zero attached hydrogens (tertiary/aromatic N) is 2. The minimum Gasteiger partial charge on any atom is -0.326 e. The summed E-state index contributed by atoms with van der Waals surface area (Å²) in [6, 6.07) is 5.25. The maximum atomic E-state index is 12.1. The molecule has 20 heavy (non-hydrogen) atoms. The molecule has 7 heteroatoms. The Bertz CT molecular complexity index is 695. The van der Waals surface area contributed by atoms with Crippen molar-refractivity contribution in [1.82, 2.24) is 10.2 Å². The monoisotopic (exact) mass is 288 g/mol. The van der Waals surface area contributed by atoms with Gasteiger partial charge in [-0.3, -0.25) is 14.9 Å². The van der Waals surface area contributed by atoms with Crippen LogP contribution in [0.15, 0.2) is 18.2 Å². The van der Waals surface area contributed by atoms with Crippen LogP contribution in [0, 0.1) is 6.92 Å². The molecule has 102 valence electrons. The normalized spacial score (nSPS) is 13.6. The van der Waals surface area contributed by atoms with Crippen molar-refractivity contribution in [2.45, 2.75) is 19.8 Å². The smallest absolute Gasteiger partial charge is 0.257 e. The number of aryl methyl sites for hydroxylation is 2. The fraction of sp³-hybridized carbons (Fsp3) is 0.231. The standard InChI is InChI=1S/C13H12N4O2S/c1-7-16-17-13(20-7)15-12(19)9-2-4-10-8(6-9)3-5-11(18)14-10/h2,4,6H,3,5H2,1H3,(H,14,18)(H,15,17,19). The number of anilines is 2. The summed E-state index contributed by atoms with van der Waals surface area (Å²) in [6.45, 7) is 1.83. The van der Waals surface area contributed by atoms with Crippen molar-refractivity contribution in [3.63, 3.8) is 0 Å². The molecule has 0 unspecified atom stereocenters. The number of fused-ring (bicyclic) bond motifs is 1. The fourth-order valence-electron chi connectivity index (χ4n) is 2.04. The van der Waals surface area contributed by atoms with E-state index >= 15 is 0 Å². The van der Waals surface area contributed by atoms with Gasteiger partial charge in [0, 0.05) is 17.7 Å². The van der Waals surface area contributed by atoms with Crippen molar-refractivity contribution in [3.8, 4) is 0 Å². The summed E-state index contributed by atoms with van der Waals surface area (Å²) in [7, 11) is 0. The lowest BCUT2D eigenvalue weighted by molar-refractivity contribution is -0.116. The lowest BCUT2D eigenvalue weighted by atomic mass is 10.0. The lowest BCUT2D eigenvalue weighted by Crippen LogP contribution is -2.20. The van der Waals surface area contributed by atoms with Gasteiger partial charge in [-0.05, 0) is 37.1 Å². The van der Waals surface area contributed by atoms with E-state index in [1.54, 1.807) is 18.2 Å². The maximum Gasteiger partial charge on any atom is 0.257 e. The Kier molecular flexibility index (Phi) is 3.19. The van der Waals surface area contributed by atoms with Crippen molar-refractivity contribution < 1.29 is 9.59 Å². The molecule has 6 nitrogen and oxygen atoms in total. The van der Waals surface area contributed by atoms with E-state index in [1.807, 2.05) is 6.92 Å². The van der Waals surface area contributed by atoms with Gasteiger partial charge in [0.1, 0.15) is 5.01 Å². The zero-order chi connectivity index (χ0) is 14.1. The van der Waals surface area contributed by atoms with Gasteiger partial charge < -0.3 is 5.32 Å². The number of rotatable bonds is 2. The molecule has 1 aliphatic heterocycles. The second-order valence-electron chi connectivity index (χ2n) is 4.50. The molecule has 0 aliphatic carbocycles. The number of benzene rings is 1. The summed E-state index contributed by atoms with van der Waals surface area (Å²) < 4.78 is 0. The van der Waals surface area contributed by atoms with Crippen molar-refractivity contribution in [2.75, 3.05) is 10.6 Å². The molecule has 0 radical (unpaired) electrons. The first-order chi connectivity index (χ1) is 9.61. The van der Waals surface area contributed by atoms with Gasteiger partial charge in [-0.2, -0.15) is 0 Å². The van der Waals surface area contributed by atoms with E-state index in [1.165, 1.54) is 11.3 Å². The molecule has 2 N–H and O–H groups in total. The third-order valence-electron chi connectivity index (χ3n) is 3.01. The first-order valence-corrected chi connectivity index (χ1v) is 6.98. The molecule has 1 aromatic carbocycles. The third-order valence-corrected chi connectivity index (χ3v) is 3.76. The largest absolute Gasteiger partial charge is 0.326 e. The van der Waals surface area contributed by atoms with E-state index in [9.17, 15) is 9.59 Å². The Hall–Kier alpha value is -2.28. The highest BCUT2D eigenvalue weighted by atomic mass is 32.1. The summed E-state index contributed by atoms with van der Waals surface area (Å²) in [5.74, 6) is -0.208. The van der Waals surface area contributed by atoms with Crippen molar-refractivity contribution in [3.05, 3.63) is 34.3 Å². The zero-order valence-corrected chi connectivity index (χ0v) is 11.6. The van der Waals surface area contributed by atoms with Gasteiger partial charge in [-0.15, -0.1) is 10.2 Å². The maximum absolute atomic E-state index is 12.1. The number of amides is 2. The highest BCUT2D eigenvalue weighted by Crippen LogP contribution is 2.24. The van der Waals surface area contributed by atoms with Gasteiger partial charge in [0.2, 0.25) is 11.0 Å². The molecule has 2 aromatic rings. The fourth-order valence-corrected chi connectivity index (χ4v) is 2.63. The predicted octanol–water partition coefficient (Wildman–Crippen LogP) is 1.98.